The Balaban J connectivity index is 1.18. The van der Waals surface area contributed by atoms with Gasteiger partial charge >= 0.3 is 6.09 Å². The maximum absolute atomic E-state index is 13.2. The van der Waals surface area contributed by atoms with Crippen LogP contribution in [-0.4, -0.2) is 41.5 Å². The Morgan fingerprint density at radius 2 is 1.83 bits per heavy atom. The summed E-state index contributed by atoms with van der Waals surface area (Å²) in [6.45, 7) is 3.15. The fourth-order valence-corrected chi connectivity index (χ4v) is 5.94. The Hall–Kier alpha value is -4.01. The van der Waals surface area contributed by atoms with Crippen molar-refractivity contribution in [3.63, 3.8) is 0 Å². The molecule has 2 aliphatic rings. The van der Waals surface area contributed by atoms with Gasteiger partial charge in [0.05, 0.1) is 18.4 Å². The number of benzene rings is 3. The lowest BCUT2D eigenvalue weighted by Crippen LogP contribution is -2.37. The molecule has 2 amide bonds. The molecule has 1 aliphatic heterocycles. The lowest BCUT2D eigenvalue weighted by Gasteiger charge is -2.29. The molecule has 2 N–H and O–H groups in total. The summed E-state index contributed by atoms with van der Waals surface area (Å²) in [5.74, 6) is 0.902. The molecule has 0 unspecified atom stereocenters. The van der Waals surface area contributed by atoms with E-state index in [0.29, 0.717) is 51.8 Å². The number of halogens is 2. The van der Waals surface area contributed by atoms with E-state index in [1.165, 1.54) is 0 Å². The molecule has 0 saturated heterocycles. The fourth-order valence-electron chi connectivity index (χ4n) is 5.54. The number of ether oxygens (including phenoxy) is 2. The summed E-state index contributed by atoms with van der Waals surface area (Å²) in [5.41, 5.74) is 11.3. The third kappa shape index (κ3) is 5.37. The zero-order valence-corrected chi connectivity index (χ0v) is 23.9. The van der Waals surface area contributed by atoms with Gasteiger partial charge in [-0.2, -0.15) is 5.10 Å². The van der Waals surface area contributed by atoms with Crippen LogP contribution in [0, 0.1) is 12.8 Å². The summed E-state index contributed by atoms with van der Waals surface area (Å²) in [4.78, 5) is 26.8. The number of amides is 2. The highest BCUT2D eigenvalue weighted by Crippen LogP contribution is 2.57. The minimum absolute atomic E-state index is 0.118. The van der Waals surface area contributed by atoms with Crippen molar-refractivity contribution in [2.45, 2.75) is 25.8 Å². The van der Waals surface area contributed by atoms with Gasteiger partial charge in [0.15, 0.2) is 0 Å². The predicted molar refractivity (Wildman–Crippen MR) is 158 cm³/mol. The first kappa shape index (κ1) is 27.2. The van der Waals surface area contributed by atoms with E-state index in [1.54, 1.807) is 40.0 Å². The van der Waals surface area contributed by atoms with Crippen molar-refractivity contribution < 1.29 is 19.1 Å². The zero-order valence-electron chi connectivity index (χ0n) is 22.3. The molecule has 1 aliphatic carbocycles. The van der Waals surface area contributed by atoms with Gasteiger partial charge in [-0.05, 0) is 66.6 Å². The summed E-state index contributed by atoms with van der Waals surface area (Å²) in [6, 6.07) is 16.5. The molecule has 0 radical (unpaired) electrons. The van der Waals surface area contributed by atoms with Crippen LogP contribution in [0.5, 0.6) is 5.75 Å². The van der Waals surface area contributed by atoms with E-state index in [-0.39, 0.29) is 13.2 Å². The monoisotopic (exact) mass is 590 g/mol. The van der Waals surface area contributed by atoms with E-state index in [1.807, 2.05) is 37.4 Å². The Labute approximate surface area is 247 Å². The second-order valence-corrected chi connectivity index (χ2v) is 11.1. The standard InChI is InChI=1S/C31H28Cl2N4O4/c1-18-25(32)7-4-10-28(18)40-11-12-41-31(39)37-16-19-13-23(19)29-21(5-3-9-27(29)37)20-14-35-36(15-20)17-24-22(30(34)38)6-2-8-26(24)33/h2-10,14-15,19,23H,11-13,16-17H2,1H3,(H2,34,38)/t19-,23-/m0/s1. The van der Waals surface area contributed by atoms with E-state index in [0.717, 1.165) is 34.4 Å². The molecule has 0 bridgehead atoms. The minimum Gasteiger partial charge on any atom is -0.490 e. The van der Waals surface area contributed by atoms with Gasteiger partial charge in [-0.15, -0.1) is 0 Å². The van der Waals surface area contributed by atoms with Crippen molar-refractivity contribution in [1.29, 1.82) is 0 Å². The van der Waals surface area contributed by atoms with Crippen LogP contribution in [0.4, 0.5) is 10.5 Å². The Morgan fingerprint density at radius 1 is 1.05 bits per heavy atom. The first-order chi connectivity index (χ1) is 19.8. The van der Waals surface area contributed by atoms with E-state index in [2.05, 4.69) is 11.2 Å². The molecule has 1 fully saturated rings. The number of nitrogens with two attached hydrogens (primary N) is 1. The predicted octanol–water partition coefficient (Wildman–Crippen LogP) is 6.45. The number of nitrogens with zero attached hydrogens (tertiary/aromatic N) is 3. The van der Waals surface area contributed by atoms with Gasteiger partial charge in [-0.1, -0.05) is 47.5 Å². The Bertz CT molecular complexity index is 1650. The molecule has 10 heteroatoms. The molecule has 2 heterocycles. The molecule has 1 aromatic heterocycles. The first-order valence-electron chi connectivity index (χ1n) is 13.4. The number of aromatic nitrogens is 2. The molecular formula is C31H28Cl2N4O4. The van der Waals surface area contributed by atoms with E-state index >= 15 is 0 Å². The first-order valence-corrected chi connectivity index (χ1v) is 14.1. The highest BCUT2D eigenvalue weighted by atomic mass is 35.5. The quantitative estimate of drug-likeness (QED) is 0.238. The molecule has 8 nitrogen and oxygen atoms in total. The molecule has 41 heavy (non-hydrogen) atoms. The highest BCUT2D eigenvalue weighted by Gasteiger charge is 2.48. The molecule has 0 spiro atoms. The van der Waals surface area contributed by atoms with Crippen molar-refractivity contribution in [3.8, 4) is 16.9 Å². The summed E-state index contributed by atoms with van der Waals surface area (Å²) >= 11 is 12.6. The van der Waals surface area contributed by atoms with Crippen LogP contribution < -0.4 is 15.4 Å². The smallest absolute Gasteiger partial charge is 0.414 e. The van der Waals surface area contributed by atoms with Crippen LogP contribution in [0.2, 0.25) is 10.0 Å². The molecular weight excluding hydrogens is 563 g/mol. The van der Waals surface area contributed by atoms with Crippen LogP contribution in [-0.2, 0) is 11.3 Å². The topological polar surface area (TPSA) is 99.7 Å². The normalized spacial score (nSPS) is 17.0. The number of carbonyl (C=O) groups is 2. The fraction of sp³-hybridized carbons (Fsp3) is 0.258. The number of rotatable bonds is 8. The van der Waals surface area contributed by atoms with Crippen molar-refractivity contribution in [3.05, 3.63) is 99.3 Å². The largest absolute Gasteiger partial charge is 0.490 e. The number of carbonyl (C=O) groups excluding carboxylic acids is 2. The van der Waals surface area contributed by atoms with Gasteiger partial charge in [-0.3, -0.25) is 14.4 Å². The van der Waals surface area contributed by atoms with E-state index < -0.39 is 12.0 Å². The van der Waals surface area contributed by atoms with Gasteiger partial charge in [0.2, 0.25) is 5.91 Å². The van der Waals surface area contributed by atoms with Crippen molar-refractivity contribution in [2.75, 3.05) is 24.7 Å². The minimum atomic E-state index is -0.537. The molecule has 4 aromatic rings. The second-order valence-electron chi connectivity index (χ2n) is 10.3. The Kier molecular flexibility index (Phi) is 7.36. The van der Waals surface area contributed by atoms with E-state index in [9.17, 15) is 9.59 Å². The highest BCUT2D eigenvalue weighted by molar-refractivity contribution is 6.32. The maximum Gasteiger partial charge on any atom is 0.414 e. The lowest BCUT2D eigenvalue weighted by molar-refractivity contribution is 0.0999. The Morgan fingerprint density at radius 3 is 2.66 bits per heavy atom. The van der Waals surface area contributed by atoms with Crippen molar-refractivity contribution >= 4 is 40.9 Å². The number of anilines is 1. The van der Waals surface area contributed by atoms with Crippen LogP contribution in [0.1, 0.15) is 39.4 Å². The van der Waals surface area contributed by atoms with Gasteiger partial charge in [0.1, 0.15) is 19.0 Å². The molecule has 3 aromatic carbocycles. The van der Waals surface area contributed by atoms with Crippen molar-refractivity contribution in [1.82, 2.24) is 9.78 Å². The van der Waals surface area contributed by atoms with Crippen LogP contribution >= 0.6 is 23.2 Å². The zero-order chi connectivity index (χ0) is 28.7. The third-order valence-electron chi connectivity index (χ3n) is 7.74. The lowest BCUT2D eigenvalue weighted by atomic mass is 9.93. The van der Waals surface area contributed by atoms with Crippen LogP contribution in [0.3, 0.4) is 0 Å². The van der Waals surface area contributed by atoms with Gasteiger partial charge in [0, 0.05) is 45.0 Å². The average molecular weight is 591 g/mol. The maximum atomic E-state index is 13.2. The van der Waals surface area contributed by atoms with E-state index in [4.69, 9.17) is 38.4 Å². The molecule has 6 rings (SSSR count). The molecule has 1 saturated carbocycles. The summed E-state index contributed by atoms with van der Waals surface area (Å²) in [6.07, 6.45) is 4.34. The van der Waals surface area contributed by atoms with Crippen molar-refractivity contribution in [2.24, 2.45) is 11.7 Å². The van der Waals surface area contributed by atoms with Gasteiger partial charge in [-0.25, -0.2) is 4.79 Å². The number of primary amides is 1. The summed E-state index contributed by atoms with van der Waals surface area (Å²) in [7, 11) is 0. The number of hydrogen-bond donors (Lipinski definition) is 1. The second kappa shape index (κ2) is 11.1. The summed E-state index contributed by atoms with van der Waals surface area (Å²) in [5, 5.41) is 5.62. The molecule has 2 atom stereocenters. The number of fused-ring (bicyclic) bond motifs is 3. The van der Waals surface area contributed by atoms with Gasteiger partial charge < -0.3 is 15.2 Å². The summed E-state index contributed by atoms with van der Waals surface area (Å²) < 4.78 is 13.1. The van der Waals surface area contributed by atoms with Gasteiger partial charge in [0.25, 0.3) is 0 Å². The molecule has 210 valence electrons. The number of hydrogen-bond acceptors (Lipinski definition) is 5. The van der Waals surface area contributed by atoms with Crippen LogP contribution in [0.15, 0.2) is 67.0 Å². The average Bonchev–Trinajstić information content (AvgIpc) is 3.61. The SMILES string of the molecule is Cc1c(Cl)cccc1OCCOC(=O)N1C[C@@H]2C[C@@H]2c2c(-c3cnn(Cc4c(Cl)cccc4C(N)=O)c3)cccc21. The third-order valence-corrected chi connectivity index (χ3v) is 8.50. The van der Waals surface area contributed by atoms with Crippen LogP contribution in [0.25, 0.3) is 11.1 Å².